The quantitative estimate of drug-likeness (QED) is 0.881. The average molecular weight is 231 g/mol. The minimum absolute atomic E-state index is 0.432. The molecule has 0 amide bonds. The van der Waals surface area contributed by atoms with Gasteiger partial charge in [0.2, 0.25) is 0 Å². The van der Waals surface area contributed by atoms with Crippen molar-refractivity contribution in [3.05, 3.63) is 29.6 Å². The molecule has 0 saturated carbocycles. The summed E-state index contributed by atoms with van der Waals surface area (Å²) in [6.45, 7) is 9.34. The summed E-state index contributed by atoms with van der Waals surface area (Å²) in [4.78, 5) is 4.75. The second-order valence-electron chi connectivity index (χ2n) is 5.12. The molecule has 0 atom stereocenters. The SMILES string of the molecule is CC(C)c1nc2cc(CN)ccc2n1C(C)C. The Morgan fingerprint density at radius 1 is 1.24 bits per heavy atom. The first-order valence-corrected chi connectivity index (χ1v) is 6.25. The van der Waals surface area contributed by atoms with Crippen LogP contribution >= 0.6 is 0 Å². The predicted octanol–water partition coefficient (Wildman–Crippen LogP) is 3.20. The second kappa shape index (κ2) is 4.49. The lowest BCUT2D eigenvalue weighted by atomic mass is 10.2. The minimum atomic E-state index is 0.432. The first-order chi connectivity index (χ1) is 8.04. The fourth-order valence-electron chi connectivity index (χ4n) is 2.24. The highest BCUT2D eigenvalue weighted by Crippen LogP contribution is 2.26. The van der Waals surface area contributed by atoms with E-state index in [2.05, 4.69) is 50.5 Å². The molecule has 1 aromatic heterocycles. The average Bonchev–Trinajstić information content (AvgIpc) is 2.66. The molecule has 92 valence electrons. The van der Waals surface area contributed by atoms with Crippen molar-refractivity contribution < 1.29 is 0 Å². The van der Waals surface area contributed by atoms with Crippen LogP contribution in [0.2, 0.25) is 0 Å². The van der Waals surface area contributed by atoms with Crippen LogP contribution in [0.3, 0.4) is 0 Å². The Kier molecular flexibility index (Phi) is 3.20. The number of hydrogen-bond acceptors (Lipinski definition) is 2. The van der Waals surface area contributed by atoms with E-state index in [0.29, 0.717) is 18.5 Å². The first kappa shape index (κ1) is 12.1. The number of aromatic nitrogens is 2. The third kappa shape index (κ3) is 2.07. The first-order valence-electron chi connectivity index (χ1n) is 6.25. The summed E-state index contributed by atoms with van der Waals surface area (Å²) in [6.07, 6.45) is 0. The Morgan fingerprint density at radius 2 is 1.94 bits per heavy atom. The van der Waals surface area contributed by atoms with Crippen LogP contribution in [0.25, 0.3) is 11.0 Å². The van der Waals surface area contributed by atoms with Crippen molar-refractivity contribution in [2.24, 2.45) is 5.73 Å². The van der Waals surface area contributed by atoms with Gasteiger partial charge in [0.1, 0.15) is 5.82 Å². The van der Waals surface area contributed by atoms with Crippen LogP contribution in [-0.2, 0) is 6.54 Å². The molecule has 2 aromatic rings. The van der Waals surface area contributed by atoms with Gasteiger partial charge in [0.15, 0.2) is 0 Å². The molecule has 0 aliphatic carbocycles. The molecule has 17 heavy (non-hydrogen) atoms. The number of rotatable bonds is 3. The highest BCUT2D eigenvalue weighted by molar-refractivity contribution is 5.77. The topological polar surface area (TPSA) is 43.8 Å². The molecule has 3 heteroatoms. The van der Waals surface area contributed by atoms with Crippen LogP contribution in [0.1, 0.15) is 51.0 Å². The summed E-state index contributed by atoms with van der Waals surface area (Å²) in [5.41, 5.74) is 9.08. The van der Waals surface area contributed by atoms with E-state index in [9.17, 15) is 0 Å². The molecule has 2 N–H and O–H groups in total. The Hall–Kier alpha value is -1.35. The maximum Gasteiger partial charge on any atom is 0.112 e. The molecule has 0 saturated heterocycles. The third-order valence-electron chi connectivity index (χ3n) is 3.05. The molecular formula is C14H21N3. The number of hydrogen-bond donors (Lipinski definition) is 1. The van der Waals surface area contributed by atoms with E-state index in [-0.39, 0.29) is 0 Å². The molecule has 0 spiro atoms. The third-order valence-corrected chi connectivity index (χ3v) is 3.05. The number of imidazole rings is 1. The number of fused-ring (bicyclic) bond motifs is 1. The van der Waals surface area contributed by atoms with Gasteiger partial charge in [0.05, 0.1) is 11.0 Å². The summed E-state index contributed by atoms with van der Waals surface area (Å²) in [7, 11) is 0. The standard InChI is InChI=1S/C14H21N3/c1-9(2)14-16-12-7-11(8-15)5-6-13(12)17(14)10(3)4/h5-7,9-10H,8,15H2,1-4H3. The van der Waals surface area contributed by atoms with E-state index >= 15 is 0 Å². The van der Waals surface area contributed by atoms with E-state index in [1.54, 1.807) is 0 Å². The molecule has 3 nitrogen and oxygen atoms in total. The summed E-state index contributed by atoms with van der Waals surface area (Å²) >= 11 is 0. The maximum absolute atomic E-state index is 5.67. The molecule has 0 bridgehead atoms. The molecule has 1 heterocycles. The molecular weight excluding hydrogens is 210 g/mol. The van der Waals surface area contributed by atoms with Gasteiger partial charge in [0.25, 0.3) is 0 Å². The zero-order valence-corrected chi connectivity index (χ0v) is 11.1. The fourth-order valence-corrected chi connectivity index (χ4v) is 2.24. The molecule has 1 aromatic carbocycles. The van der Waals surface area contributed by atoms with Gasteiger partial charge in [-0.3, -0.25) is 0 Å². The highest BCUT2D eigenvalue weighted by Gasteiger charge is 2.15. The van der Waals surface area contributed by atoms with E-state index in [1.807, 2.05) is 0 Å². The predicted molar refractivity (Wildman–Crippen MR) is 72.1 cm³/mol. The summed E-state index contributed by atoms with van der Waals surface area (Å²) in [5, 5.41) is 0. The molecule has 0 aliphatic rings. The van der Waals surface area contributed by atoms with Crippen LogP contribution in [0.5, 0.6) is 0 Å². The van der Waals surface area contributed by atoms with Gasteiger partial charge in [-0.25, -0.2) is 4.98 Å². The lowest BCUT2D eigenvalue weighted by molar-refractivity contribution is 0.564. The summed E-state index contributed by atoms with van der Waals surface area (Å²) in [6, 6.07) is 6.75. The number of nitrogens with two attached hydrogens (primary N) is 1. The van der Waals surface area contributed by atoms with Crippen molar-refractivity contribution in [1.29, 1.82) is 0 Å². The Balaban J connectivity index is 2.70. The molecule has 0 unspecified atom stereocenters. The van der Waals surface area contributed by atoms with Crippen molar-refractivity contribution in [3.63, 3.8) is 0 Å². The van der Waals surface area contributed by atoms with Crippen molar-refractivity contribution in [2.45, 2.75) is 46.2 Å². The van der Waals surface area contributed by atoms with Gasteiger partial charge in [-0.15, -0.1) is 0 Å². The van der Waals surface area contributed by atoms with Gasteiger partial charge >= 0.3 is 0 Å². The molecule has 0 fully saturated rings. The van der Waals surface area contributed by atoms with Crippen molar-refractivity contribution >= 4 is 11.0 Å². The van der Waals surface area contributed by atoms with Gasteiger partial charge in [-0.1, -0.05) is 19.9 Å². The van der Waals surface area contributed by atoms with Gasteiger partial charge in [0, 0.05) is 18.5 Å². The summed E-state index contributed by atoms with van der Waals surface area (Å²) in [5.74, 6) is 1.59. The van der Waals surface area contributed by atoms with Crippen LogP contribution < -0.4 is 5.73 Å². The van der Waals surface area contributed by atoms with Crippen molar-refractivity contribution in [3.8, 4) is 0 Å². The van der Waals surface area contributed by atoms with Crippen molar-refractivity contribution in [1.82, 2.24) is 9.55 Å². The van der Waals surface area contributed by atoms with Gasteiger partial charge < -0.3 is 10.3 Å². The molecule has 2 rings (SSSR count). The maximum atomic E-state index is 5.67. The lowest BCUT2D eigenvalue weighted by Crippen LogP contribution is -2.07. The largest absolute Gasteiger partial charge is 0.326 e. The zero-order valence-electron chi connectivity index (χ0n) is 11.1. The lowest BCUT2D eigenvalue weighted by Gasteiger charge is -2.14. The molecule has 0 radical (unpaired) electrons. The Morgan fingerprint density at radius 3 is 2.47 bits per heavy atom. The number of benzene rings is 1. The Labute approximate surface area is 103 Å². The smallest absolute Gasteiger partial charge is 0.112 e. The van der Waals surface area contributed by atoms with E-state index < -0.39 is 0 Å². The number of nitrogens with zero attached hydrogens (tertiary/aromatic N) is 2. The van der Waals surface area contributed by atoms with Crippen LogP contribution in [0.15, 0.2) is 18.2 Å². The van der Waals surface area contributed by atoms with Crippen LogP contribution in [0, 0.1) is 0 Å². The van der Waals surface area contributed by atoms with E-state index in [0.717, 1.165) is 16.9 Å². The fraction of sp³-hybridized carbons (Fsp3) is 0.500. The Bertz CT molecular complexity index is 523. The second-order valence-corrected chi connectivity index (χ2v) is 5.12. The zero-order chi connectivity index (χ0) is 12.6. The minimum Gasteiger partial charge on any atom is -0.326 e. The highest BCUT2D eigenvalue weighted by atomic mass is 15.1. The summed E-state index contributed by atoms with van der Waals surface area (Å²) < 4.78 is 2.32. The normalized spacial score (nSPS) is 11.9. The van der Waals surface area contributed by atoms with E-state index in [4.69, 9.17) is 10.7 Å². The monoisotopic (exact) mass is 231 g/mol. The van der Waals surface area contributed by atoms with Crippen molar-refractivity contribution in [2.75, 3.05) is 0 Å². The van der Waals surface area contributed by atoms with Gasteiger partial charge in [-0.05, 0) is 31.5 Å². The molecule has 0 aliphatic heterocycles. The van der Waals surface area contributed by atoms with Gasteiger partial charge in [-0.2, -0.15) is 0 Å². The van der Waals surface area contributed by atoms with Crippen LogP contribution in [-0.4, -0.2) is 9.55 Å². The van der Waals surface area contributed by atoms with E-state index in [1.165, 1.54) is 5.52 Å². The van der Waals surface area contributed by atoms with Crippen LogP contribution in [0.4, 0.5) is 0 Å².